The van der Waals surface area contributed by atoms with Gasteiger partial charge in [-0.2, -0.15) is 0 Å². The van der Waals surface area contributed by atoms with Gasteiger partial charge in [-0.1, -0.05) is 51.5 Å². The molecule has 3 rings (SSSR count). The van der Waals surface area contributed by atoms with Gasteiger partial charge in [-0.25, -0.2) is 0 Å². The number of nitrogens with zero attached hydrogens (tertiary/aromatic N) is 3. The van der Waals surface area contributed by atoms with Gasteiger partial charge in [0.15, 0.2) is 0 Å². The summed E-state index contributed by atoms with van der Waals surface area (Å²) >= 11 is 29.5. The van der Waals surface area contributed by atoms with Crippen molar-refractivity contribution in [1.29, 1.82) is 0 Å². The Morgan fingerprint density at radius 1 is 0.387 bits per heavy atom. The maximum atomic E-state index is 4.92. The first-order chi connectivity index (χ1) is 14.4. The third kappa shape index (κ3) is 16.2. The Morgan fingerprint density at radius 2 is 0.548 bits per heavy atom. The summed E-state index contributed by atoms with van der Waals surface area (Å²) in [7, 11) is 0. The fourth-order valence-electron chi connectivity index (χ4n) is 3.76. The molecule has 180 valence electrons. The molecule has 0 aromatic carbocycles. The minimum atomic E-state index is 0. The molecule has 0 saturated carbocycles. The topological polar surface area (TPSA) is 9.72 Å². The van der Waals surface area contributed by atoms with Crippen LogP contribution in [-0.4, -0.2) is 66.9 Å². The third-order valence-electron chi connectivity index (χ3n) is 5.59. The first kappa shape index (κ1) is 31.8. The number of hydrogen-bond donors (Lipinski definition) is 0. The number of rotatable bonds is 0. The minimum absolute atomic E-state index is 0. The molecule has 0 spiro atoms. The van der Waals surface area contributed by atoms with Crippen molar-refractivity contribution in [2.24, 2.45) is 0 Å². The van der Waals surface area contributed by atoms with Gasteiger partial charge >= 0.3 is 16.8 Å². The maximum Gasteiger partial charge on any atom is 3.00 e. The van der Waals surface area contributed by atoms with E-state index in [-0.39, 0.29) is 16.8 Å². The van der Waals surface area contributed by atoms with E-state index in [1.807, 2.05) is 0 Å². The van der Waals surface area contributed by atoms with E-state index in [9.17, 15) is 0 Å². The van der Waals surface area contributed by atoms with E-state index in [0.717, 1.165) is 39.3 Å². The van der Waals surface area contributed by atoms with Gasteiger partial charge in [0, 0.05) is 39.3 Å². The molecule has 0 aliphatic carbocycles. The predicted molar refractivity (Wildman–Crippen MR) is 150 cm³/mol. The first-order valence-electron chi connectivity index (χ1n) is 11.3. The fourth-order valence-corrected chi connectivity index (χ4v) is 4.86. The van der Waals surface area contributed by atoms with Crippen molar-refractivity contribution in [1.82, 2.24) is 14.7 Å². The molecule has 3 aliphatic rings. The molecule has 10 heteroatoms. The molecule has 0 atom stereocenters. The molecule has 0 bridgehead atoms. The third-order valence-corrected chi connectivity index (χ3v) is 7.14. The summed E-state index contributed by atoms with van der Waals surface area (Å²) < 4.78 is 1.96. The van der Waals surface area contributed by atoms with Crippen LogP contribution in [0.25, 0.3) is 0 Å². The molecule has 3 aliphatic heterocycles. The van der Waals surface area contributed by atoms with Gasteiger partial charge in [0.05, 0.1) is 0 Å². The zero-order chi connectivity index (χ0) is 22.2. The Kier molecular flexibility index (Phi) is 20.8. The van der Waals surface area contributed by atoms with Crippen molar-refractivity contribution in [3.05, 3.63) is 0 Å². The van der Waals surface area contributed by atoms with E-state index >= 15 is 0 Å². The van der Waals surface area contributed by atoms with Gasteiger partial charge in [0.25, 0.3) is 0 Å². The van der Waals surface area contributed by atoms with Crippen LogP contribution in [0.1, 0.15) is 77.0 Å². The van der Waals surface area contributed by atoms with Gasteiger partial charge in [-0.05, 0) is 38.5 Å². The Balaban J connectivity index is 0.000000429. The summed E-state index contributed by atoms with van der Waals surface area (Å²) in [6, 6.07) is 0. The van der Waals surface area contributed by atoms with Crippen molar-refractivity contribution in [3.63, 3.8) is 0 Å². The molecule has 0 aromatic rings. The smallest absolute Gasteiger partial charge is 0.411 e. The van der Waals surface area contributed by atoms with E-state index in [2.05, 4.69) is 14.7 Å². The molecular weight excluding hydrogens is 546 g/mol. The van der Waals surface area contributed by atoms with Crippen molar-refractivity contribution < 1.29 is 16.8 Å². The molecule has 3 saturated heterocycles. The van der Waals surface area contributed by atoms with Gasteiger partial charge in [-0.3, -0.25) is 0 Å². The predicted octanol–water partition coefficient (Wildman–Crippen LogP) is 5.08. The SMILES string of the molecule is S=C([S-])N1CCCCCC1.S=C([S-])N1CCCCCC1.S=C([S-])N1CCCCCC1.[Co+3]. The van der Waals surface area contributed by atoms with Gasteiger partial charge < -0.3 is 89.2 Å². The summed E-state index contributed by atoms with van der Waals surface area (Å²) in [5, 5.41) is 0. The summed E-state index contributed by atoms with van der Waals surface area (Å²) in [5.74, 6) is 0. The minimum Gasteiger partial charge on any atom is -0.411 e. The normalized spacial score (nSPS) is 19.5. The summed E-state index contributed by atoms with van der Waals surface area (Å²) in [4.78, 5) is 6.41. The molecule has 0 amide bonds. The van der Waals surface area contributed by atoms with E-state index in [4.69, 9.17) is 74.5 Å². The average Bonchev–Trinajstić information content (AvgIpc) is 3.25. The van der Waals surface area contributed by atoms with Crippen LogP contribution in [0, 0.1) is 0 Å². The van der Waals surface area contributed by atoms with Gasteiger partial charge in [-0.15, -0.1) is 0 Å². The van der Waals surface area contributed by atoms with Crippen LogP contribution in [0.5, 0.6) is 0 Å². The van der Waals surface area contributed by atoms with Crippen molar-refractivity contribution >= 4 is 87.5 Å². The van der Waals surface area contributed by atoms with E-state index in [0.29, 0.717) is 13.0 Å². The molecule has 0 N–H and O–H groups in total. The molecule has 0 radical (unpaired) electrons. The number of likely N-dealkylation sites (tertiary alicyclic amines) is 3. The molecular formula is C21H36CoN3S6. The Labute approximate surface area is 233 Å². The summed E-state index contributed by atoms with van der Waals surface area (Å²) in [6.45, 7) is 6.51. The van der Waals surface area contributed by atoms with Crippen molar-refractivity contribution in [2.75, 3.05) is 39.3 Å². The Morgan fingerprint density at radius 3 is 0.677 bits per heavy atom. The van der Waals surface area contributed by atoms with Crippen LogP contribution >= 0.6 is 36.7 Å². The molecule has 0 unspecified atom stereocenters. The molecule has 0 aromatic heterocycles. The standard InChI is InChI=1S/3C7H13NS2.Co/c3*9-7(10)8-5-3-1-2-4-6-8;/h3*1-6H2,(H,9,10);/q;;;+3/p-3. The fraction of sp³-hybridized carbons (Fsp3) is 0.857. The zero-order valence-corrected chi connectivity index (χ0v) is 24.3. The van der Waals surface area contributed by atoms with E-state index < -0.39 is 0 Å². The van der Waals surface area contributed by atoms with Crippen LogP contribution in [0.2, 0.25) is 0 Å². The molecule has 31 heavy (non-hydrogen) atoms. The van der Waals surface area contributed by atoms with Gasteiger partial charge in [0.2, 0.25) is 0 Å². The summed E-state index contributed by atoms with van der Waals surface area (Å²) in [6.07, 6.45) is 15.6. The number of hydrogen-bond acceptors (Lipinski definition) is 6. The molecule has 3 nitrogen and oxygen atoms in total. The second kappa shape index (κ2) is 20.2. The Hall–Kier alpha value is 0.836. The average molecular weight is 582 g/mol. The quantitative estimate of drug-likeness (QED) is 0.284. The van der Waals surface area contributed by atoms with Crippen LogP contribution in [0.15, 0.2) is 0 Å². The second-order valence-corrected chi connectivity index (χ2v) is 11.1. The maximum absolute atomic E-state index is 4.92. The monoisotopic (exact) mass is 581 g/mol. The van der Waals surface area contributed by atoms with Crippen LogP contribution < -0.4 is 0 Å². The molecule has 3 fully saturated rings. The van der Waals surface area contributed by atoms with Crippen LogP contribution in [-0.2, 0) is 54.7 Å². The number of thiocarbonyl (C=S) groups is 3. The Bertz CT molecular complexity index is 428. The van der Waals surface area contributed by atoms with Crippen LogP contribution in [0.3, 0.4) is 0 Å². The van der Waals surface area contributed by atoms with Crippen molar-refractivity contribution in [3.8, 4) is 0 Å². The molecule has 3 heterocycles. The summed E-state index contributed by atoms with van der Waals surface area (Å²) in [5.41, 5.74) is 0. The van der Waals surface area contributed by atoms with Crippen LogP contribution in [0.4, 0.5) is 0 Å². The largest absolute Gasteiger partial charge is 3.00 e. The van der Waals surface area contributed by atoms with Gasteiger partial charge in [0.1, 0.15) is 0 Å². The van der Waals surface area contributed by atoms with E-state index in [1.54, 1.807) is 0 Å². The second-order valence-electron chi connectivity index (χ2n) is 8.00. The van der Waals surface area contributed by atoms with E-state index in [1.165, 1.54) is 77.0 Å². The first-order valence-corrected chi connectivity index (χ1v) is 13.7. The zero-order valence-electron chi connectivity index (χ0n) is 18.4. The van der Waals surface area contributed by atoms with Crippen molar-refractivity contribution in [2.45, 2.75) is 77.0 Å².